The Hall–Kier alpha value is -1.99. The molecule has 1 heterocycles. The van der Waals surface area contributed by atoms with Crippen LogP contribution in [0.25, 0.3) is 11.3 Å². The van der Waals surface area contributed by atoms with Gasteiger partial charge in [0.1, 0.15) is 0 Å². The molecule has 98 valence electrons. The number of fused-ring (bicyclic) bond motifs is 3. The van der Waals surface area contributed by atoms with E-state index in [0.717, 1.165) is 11.4 Å². The van der Waals surface area contributed by atoms with Crippen molar-refractivity contribution in [3.8, 4) is 11.3 Å². The van der Waals surface area contributed by atoms with E-state index in [4.69, 9.17) is 11.6 Å². The molecule has 20 heavy (non-hydrogen) atoms. The molecule has 2 aromatic carbocycles. The largest absolute Gasteiger partial charge is 0.361 e. The van der Waals surface area contributed by atoms with Crippen molar-refractivity contribution in [2.45, 2.75) is 12.3 Å². The fourth-order valence-corrected chi connectivity index (χ4v) is 3.30. The van der Waals surface area contributed by atoms with Crippen molar-refractivity contribution < 1.29 is 0 Å². The average Bonchev–Trinajstić information content (AvgIpc) is 2.97. The summed E-state index contributed by atoms with van der Waals surface area (Å²) in [6, 6.07) is 19.1. The van der Waals surface area contributed by atoms with Crippen LogP contribution in [0.3, 0.4) is 0 Å². The molecule has 0 radical (unpaired) electrons. The second-order valence-electron chi connectivity index (χ2n) is 5.27. The highest BCUT2D eigenvalue weighted by molar-refractivity contribution is 6.30. The number of H-pyrrole nitrogens is 1. The Morgan fingerprint density at radius 3 is 2.60 bits per heavy atom. The Kier molecular flexibility index (Phi) is 2.68. The molecule has 1 nitrogen and oxygen atoms in total. The molecule has 0 saturated heterocycles. The summed E-state index contributed by atoms with van der Waals surface area (Å²) in [7, 11) is 0. The van der Waals surface area contributed by atoms with Crippen molar-refractivity contribution in [2.75, 3.05) is 0 Å². The number of nitrogens with one attached hydrogen (secondary N) is 1. The van der Waals surface area contributed by atoms with Gasteiger partial charge in [0.2, 0.25) is 0 Å². The third-order valence-corrected chi connectivity index (χ3v) is 4.39. The van der Waals surface area contributed by atoms with Crippen molar-refractivity contribution in [2.24, 2.45) is 0 Å². The average molecular weight is 280 g/mol. The standard InChI is InChI=1S/C18H14ClN/c19-14-7-5-12(6-8-14)17-11-13-3-1-2-4-15(13)18-16(17)9-10-20-18/h1-10,17,20H,11H2. The molecule has 0 bridgehead atoms. The van der Waals surface area contributed by atoms with E-state index >= 15 is 0 Å². The zero-order valence-corrected chi connectivity index (χ0v) is 11.7. The van der Waals surface area contributed by atoms with Gasteiger partial charge in [0.15, 0.2) is 0 Å². The molecule has 1 aliphatic carbocycles. The van der Waals surface area contributed by atoms with Crippen LogP contribution >= 0.6 is 11.6 Å². The summed E-state index contributed by atoms with van der Waals surface area (Å²) in [6.45, 7) is 0. The predicted octanol–water partition coefficient (Wildman–Crippen LogP) is 5.02. The SMILES string of the molecule is Clc1ccc(C2Cc3ccccc3-c3[nH]ccc32)cc1. The molecule has 0 fully saturated rings. The first-order valence-corrected chi connectivity index (χ1v) is 7.22. The molecule has 0 spiro atoms. The molecule has 1 unspecified atom stereocenters. The summed E-state index contributed by atoms with van der Waals surface area (Å²) in [5, 5.41) is 0.791. The summed E-state index contributed by atoms with van der Waals surface area (Å²) in [5.41, 5.74) is 6.70. The van der Waals surface area contributed by atoms with Crippen LogP contribution in [-0.4, -0.2) is 4.98 Å². The van der Waals surface area contributed by atoms with Crippen molar-refractivity contribution >= 4 is 11.6 Å². The molecule has 1 atom stereocenters. The Morgan fingerprint density at radius 2 is 1.75 bits per heavy atom. The van der Waals surface area contributed by atoms with Crippen molar-refractivity contribution in [3.05, 3.63) is 82.5 Å². The van der Waals surface area contributed by atoms with Gasteiger partial charge in [-0.3, -0.25) is 0 Å². The first kappa shape index (κ1) is 11.8. The fourth-order valence-electron chi connectivity index (χ4n) is 3.17. The van der Waals surface area contributed by atoms with E-state index in [9.17, 15) is 0 Å². The van der Waals surface area contributed by atoms with Gasteiger partial charge < -0.3 is 4.98 Å². The topological polar surface area (TPSA) is 15.8 Å². The number of aromatic nitrogens is 1. The van der Waals surface area contributed by atoms with Gasteiger partial charge >= 0.3 is 0 Å². The number of hydrogen-bond acceptors (Lipinski definition) is 0. The maximum absolute atomic E-state index is 6.00. The van der Waals surface area contributed by atoms with Crippen LogP contribution in [0.1, 0.15) is 22.6 Å². The van der Waals surface area contributed by atoms with Gasteiger partial charge in [-0.15, -0.1) is 0 Å². The minimum atomic E-state index is 0.406. The van der Waals surface area contributed by atoms with Crippen LogP contribution in [0.4, 0.5) is 0 Å². The highest BCUT2D eigenvalue weighted by atomic mass is 35.5. The third-order valence-electron chi connectivity index (χ3n) is 4.14. The number of rotatable bonds is 1. The molecule has 0 amide bonds. The van der Waals surface area contributed by atoms with Gasteiger partial charge in [-0.25, -0.2) is 0 Å². The van der Waals surface area contributed by atoms with Crippen LogP contribution in [0.2, 0.25) is 5.02 Å². The lowest BCUT2D eigenvalue weighted by Gasteiger charge is -2.25. The molecule has 3 aromatic rings. The van der Waals surface area contributed by atoms with Gasteiger partial charge in [-0.1, -0.05) is 48.0 Å². The maximum atomic E-state index is 6.00. The van der Waals surface area contributed by atoms with E-state index in [0.29, 0.717) is 5.92 Å². The van der Waals surface area contributed by atoms with Gasteiger partial charge in [0, 0.05) is 28.4 Å². The van der Waals surface area contributed by atoms with Crippen molar-refractivity contribution in [3.63, 3.8) is 0 Å². The van der Waals surface area contributed by atoms with Crippen molar-refractivity contribution in [1.82, 2.24) is 4.98 Å². The lowest BCUT2D eigenvalue weighted by molar-refractivity contribution is 0.794. The normalized spacial score (nSPS) is 16.6. The summed E-state index contributed by atoms with van der Waals surface area (Å²) < 4.78 is 0. The fraction of sp³-hybridized carbons (Fsp3) is 0.111. The summed E-state index contributed by atoms with van der Waals surface area (Å²) in [5.74, 6) is 0.406. The predicted molar refractivity (Wildman–Crippen MR) is 83.2 cm³/mol. The number of benzene rings is 2. The van der Waals surface area contributed by atoms with E-state index < -0.39 is 0 Å². The first-order chi connectivity index (χ1) is 9.83. The second-order valence-corrected chi connectivity index (χ2v) is 5.71. The molecule has 0 saturated carbocycles. The molecule has 1 N–H and O–H groups in total. The van der Waals surface area contributed by atoms with Gasteiger partial charge in [0.05, 0.1) is 0 Å². The van der Waals surface area contributed by atoms with Gasteiger partial charge in [0.25, 0.3) is 0 Å². The summed E-state index contributed by atoms with van der Waals surface area (Å²) >= 11 is 6.00. The maximum Gasteiger partial charge on any atom is 0.0495 e. The molecule has 4 rings (SSSR count). The summed E-state index contributed by atoms with van der Waals surface area (Å²) in [4.78, 5) is 3.40. The van der Waals surface area contributed by atoms with E-state index in [-0.39, 0.29) is 0 Å². The molecule has 1 aliphatic rings. The van der Waals surface area contributed by atoms with E-state index in [2.05, 4.69) is 47.4 Å². The first-order valence-electron chi connectivity index (χ1n) is 6.84. The molecular formula is C18H14ClN. The highest BCUT2D eigenvalue weighted by Crippen LogP contribution is 2.41. The lowest BCUT2D eigenvalue weighted by atomic mass is 9.79. The Bertz CT molecular complexity index is 755. The van der Waals surface area contributed by atoms with E-state index in [1.807, 2.05) is 18.3 Å². The Morgan fingerprint density at radius 1 is 0.950 bits per heavy atom. The smallest absolute Gasteiger partial charge is 0.0495 e. The van der Waals surface area contributed by atoms with Crippen LogP contribution in [-0.2, 0) is 6.42 Å². The number of aromatic amines is 1. The lowest BCUT2D eigenvalue weighted by Crippen LogP contribution is -2.11. The van der Waals surface area contributed by atoms with Crippen molar-refractivity contribution in [1.29, 1.82) is 0 Å². The molecule has 2 heteroatoms. The van der Waals surface area contributed by atoms with Crippen LogP contribution in [0.15, 0.2) is 60.8 Å². The highest BCUT2D eigenvalue weighted by Gasteiger charge is 2.26. The minimum absolute atomic E-state index is 0.406. The zero-order chi connectivity index (χ0) is 13.5. The van der Waals surface area contributed by atoms with E-state index in [1.54, 1.807) is 0 Å². The molecule has 1 aromatic heterocycles. The quantitative estimate of drug-likeness (QED) is 0.643. The third kappa shape index (κ3) is 1.78. The number of halogens is 1. The second kappa shape index (κ2) is 4.53. The monoisotopic (exact) mass is 279 g/mol. The Labute approximate surface area is 123 Å². The van der Waals surface area contributed by atoms with Gasteiger partial charge in [-0.2, -0.15) is 0 Å². The molecule has 0 aliphatic heterocycles. The Balaban J connectivity index is 1.87. The van der Waals surface area contributed by atoms with Crippen LogP contribution < -0.4 is 0 Å². The number of hydrogen-bond donors (Lipinski definition) is 1. The van der Waals surface area contributed by atoms with Crippen LogP contribution in [0.5, 0.6) is 0 Å². The van der Waals surface area contributed by atoms with Crippen LogP contribution in [0, 0.1) is 0 Å². The zero-order valence-electron chi connectivity index (χ0n) is 10.9. The molecular weight excluding hydrogens is 266 g/mol. The minimum Gasteiger partial charge on any atom is -0.361 e. The van der Waals surface area contributed by atoms with E-state index in [1.165, 1.54) is 27.9 Å². The van der Waals surface area contributed by atoms with Gasteiger partial charge in [-0.05, 0) is 41.3 Å². The summed E-state index contributed by atoms with van der Waals surface area (Å²) in [6.07, 6.45) is 3.08.